The van der Waals surface area contributed by atoms with Gasteiger partial charge in [-0.1, -0.05) is 41.6 Å². The average Bonchev–Trinajstić information content (AvgIpc) is 3.72. The summed E-state index contributed by atoms with van der Waals surface area (Å²) in [5.41, 5.74) is 1.84. The van der Waals surface area contributed by atoms with Crippen molar-refractivity contribution in [3.05, 3.63) is 77.9 Å². The monoisotopic (exact) mass is 602 g/mol. The van der Waals surface area contributed by atoms with Crippen LogP contribution in [-0.4, -0.2) is 97.2 Å². The van der Waals surface area contributed by atoms with Crippen LogP contribution < -0.4 is 20.1 Å². The molecule has 2 N–H and O–H groups in total. The fourth-order valence-corrected chi connectivity index (χ4v) is 4.80. The van der Waals surface area contributed by atoms with Crippen LogP contribution in [0.3, 0.4) is 0 Å². The molecule has 15 nitrogen and oxygen atoms in total. The summed E-state index contributed by atoms with van der Waals surface area (Å²) in [6, 6.07) is 13.6. The molecule has 1 aliphatic rings. The first-order valence-corrected chi connectivity index (χ1v) is 14.3. The summed E-state index contributed by atoms with van der Waals surface area (Å²) in [7, 11) is 1.50. The molecule has 2 aromatic carbocycles. The number of aromatic nitrogens is 7. The Hall–Kier alpha value is -5.34. The highest BCUT2D eigenvalue weighted by Crippen LogP contribution is 2.31. The lowest BCUT2D eigenvalue weighted by molar-refractivity contribution is -0.132. The lowest BCUT2D eigenvalue weighted by Gasteiger charge is -2.24. The van der Waals surface area contributed by atoms with Crippen LogP contribution in [0.5, 0.6) is 11.5 Å². The zero-order valence-electron chi connectivity index (χ0n) is 24.3. The minimum atomic E-state index is -0.898. The first kappa shape index (κ1) is 30.1. The summed E-state index contributed by atoms with van der Waals surface area (Å²) in [5, 5.41) is 25.2. The van der Waals surface area contributed by atoms with Crippen LogP contribution >= 0.6 is 0 Å². The number of ether oxygens (including phenoxy) is 2. The third-order valence-electron chi connectivity index (χ3n) is 7.07. The maximum Gasteiger partial charge on any atom is 0.255 e. The van der Waals surface area contributed by atoms with Gasteiger partial charge in [0.15, 0.2) is 11.5 Å². The van der Waals surface area contributed by atoms with E-state index in [1.807, 2.05) is 36.5 Å². The molecular formula is C29H34N10O5. The number of para-hydroxylation sites is 1. The summed E-state index contributed by atoms with van der Waals surface area (Å²) in [4.78, 5) is 41.9. The number of carbonyl (C=O) groups is 3. The Balaban J connectivity index is 1.39. The molecular weight excluding hydrogens is 568 g/mol. The van der Waals surface area contributed by atoms with Crippen LogP contribution in [0.1, 0.15) is 28.0 Å². The molecule has 0 saturated carbocycles. The summed E-state index contributed by atoms with van der Waals surface area (Å²) in [5.74, 6) is -0.391. The minimum Gasteiger partial charge on any atom is -0.493 e. The summed E-state index contributed by atoms with van der Waals surface area (Å²) in [6.45, 7) is 1.48. The topological polar surface area (TPSA) is 171 Å². The summed E-state index contributed by atoms with van der Waals surface area (Å²) < 4.78 is 14.6. The Labute approximate surface area is 253 Å². The van der Waals surface area contributed by atoms with Crippen molar-refractivity contribution in [2.24, 2.45) is 0 Å². The number of fused-ring (bicyclic) bond motifs is 3. The van der Waals surface area contributed by atoms with Crippen molar-refractivity contribution in [1.82, 2.24) is 50.7 Å². The van der Waals surface area contributed by atoms with E-state index in [0.29, 0.717) is 37.4 Å². The zero-order valence-corrected chi connectivity index (χ0v) is 24.3. The van der Waals surface area contributed by atoms with Gasteiger partial charge in [0.05, 0.1) is 25.0 Å². The molecule has 0 radical (unpaired) electrons. The van der Waals surface area contributed by atoms with Gasteiger partial charge in [0.1, 0.15) is 18.9 Å². The molecule has 0 unspecified atom stereocenters. The predicted octanol–water partition coefficient (Wildman–Crippen LogP) is 0.285. The standard InChI is InChI=1S/C29H34N10O5/c1-43-25-10-5-9-23-27(25)44-16-6-13-38-18-22(33-35-38)11-14-37(26(40)19-39-20-31-34-36-39)15-12-30-29(42)24(32-28(23)41)17-21-7-3-2-4-8-21/h2-5,7-10,18,20,24H,6,11-17,19H2,1H3,(H,30,42)(H,32,41)/t24-/m0/s1. The van der Waals surface area contributed by atoms with Crippen LogP contribution in [-0.2, 0) is 35.5 Å². The largest absolute Gasteiger partial charge is 0.493 e. The quantitative estimate of drug-likeness (QED) is 0.323. The van der Waals surface area contributed by atoms with E-state index < -0.39 is 11.9 Å². The molecule has 0 fully saturated rings. The molecule has 0 aliphatic carbocycles. The van der Waals surface area contributed by atoms with E-state index >= 15 is 0 Å². The third kappa shape index (κ3) is 7.93. The maximum absolute atomic E-state index is 13.6. The van der Waals surface area contributed by atoms with E-state index in [1.54, 1.807) is 27.8 Å². The SMILES string of the molecule is COc1cccc2c1OCCCn1cc(nn1)CCN(C(=O)Cn1cnnn1)CCNC(=O)[C@H](Cc1ccccc1)NC2=O. The Bertz CT molecular complexity index is 1540. The van der Waals surface area contributed by atoms with Gasteiger partial charge in [-0.25, -0.2) is 4.68 Å². The van der Waals surface area contributed by atoms with E-state index in [-0.39, 0.29) is 50.0 Å². The Kier molecular flexibility index (Phi) is 10.1. The second kappa shape index (κ2) is 14.7. The van der Waals surface area contributed by atoms with E-state index in [4.69, 9.17) is 9.47 Å². The normalized spacial score (nSPS) is 16.8. The van der Waals surface area contributed by atoms with Crippen LogP contribution in [0.15, 0.2) is 61.1 Å². The van der Waals surface area contributed by atoms with Gasteiger partial charge in [-0.2, -0.15) is 0 Å². The van der Waals surface area contributed by atoms with Gasteiger partial charge >= 0.3 is 0 Å². The molecule has 15 heteroatoms. The third-order valence-corrected chi connectivity index (χ3v) is 7.07. The highest BCUT2D eigenvalue weighted by Gasteiger charge is 2.25. The zero-order chi connectivity index (χ0) is 30.7. The number of hydrogen-bond donors (Lipinski definition) is 2. The molecule has 230 valence electrons. The molecule has 3 amide bonds. The van der Waals surface area contributed by atoms with Crippen LogP contribution in [0.4, 0.5) is 0 Å². The Morgan fingerprint density at radius 1 is 1.07 bits per heavy atom. The van der Waals surface area contributed by atoms with Crippen molar-refractivity contribution < 1.29 is 23.9 Å². The van der Waals surface area contributed by atoms with Gasteiger partial charge in [-0.3, -0.25) is 19.1 Å². The van der Waals surface area contributed by atoms with Gasteiger partial charge < -0.3 is 25.0 Å². The van der Waals surface area contributed by atoms with Gasteiger partial charge in [-0.15, -0.1) is 10.2 Å². The molecule has 4 aromatic rings. The molecule has 2 aromatic heterocycles. The molecule has 1 atom stereocenters. The number of benzene rings is 2. The predicted molar refractivity (Wildman–Crippen MR) is 156 cm³/mol. The van der Waals surface area contributed by atoms with Crippen molar-refractivity contribution >= 4 is 17.7 Å². The number of aryl methyl sites for hydroxylation is 1. The van der Waals surface area contributed by atoms with Crippen LogP contribution in [0.2, 0.25) is 0 Å². The van der Waals surface area contributed by atoms with E-state index in [2.05, 4.69) is 36.5 Å². The van der Waals surface area contributed by atoms with E-state index in [9.17, 15) is 14.4 Å². The van der Waals surface area contributed by atoms with Crippen molar-refractivity contribution in [2.75, 3.05) is 33.4 Å². The van der Waals surface area contributed by atoms with Crippen molar-refractivity contribution in [3.63, 3.8) is 0 Å². The number of carbonyl (C=O) groups excluding carboxylic acids is 3. The lowest BCUT2D eigenvalue weighted by atomic mass is 10.0. The number of tetrazole rings is 1. The average molecular weight is 603 g/mol. The second-order valence-corrected chi connectivity index (χ2v) is 10.2. The smallest absolute Gasteiger partial charge is 0.255 e. The van der Waals surface area contributed by atoms with Gasteiger partial charge in [-0.05, 0) is 28.1 Å². The molecule has 5 rings (SSSR count). The highest BCUT2D eigenvalue weighted by atomic mass is 16.5. The number of rotatable bonds is 5. The van der Waals surface area contributed by atoms with Crippen molar-refractivity contribution in [1.29, 1.82) is 0 Å². The number of methoxy groups -OCH3 is 1. The van der Waals surface area contributed by atoms with Crippen molar-refractivity contribution in [2.45, 2.75) is 38.4 Å². The molecule has 0 saturated heterocycles. The van der Waals surface area contributed by atoms with Crippen molar-refractivity contribution in [3.8, 4) is 11.5 Å². The van der Waals surface area contributed by atoms with Gasteiger partial charge in [0.2, 0.25) is 11.8 Å². The highest BCUT2D eigenvalue weighted by molar-refractivity contribution is 6.00. The van der Waals surface area contributed by atoms with E-state index in [1.165, 1.54) is 18.1 Å². The van der Waals surface area contributed by atoms with Gasteiger partial charge in [0, 0.05) is 51.6 Å². The summed E-state index contributed by atoms with van der Waals surface area (Å²) in [6.07, 6.45) is 4.50. The van der Waals surface area contributed by atoms with E-state index in [0.717, 1.165) is 11.3 Å². The minimum absolute atomic E-state index is 0.0524. The number of nitrogens with zero attached hydrogens (tertiary/aromatic N) is 8. The second-order valence-electron chi connectivity index (χ2n) is 10.2. The summed E-state index contributed by atoms with van der Waals surface area (Å²) >= 11 is 0. The fourth-order valence-electron chi connectivity index (χ4n) is 4.80. The van der Waals surface area contributed by atoms with Crippen LogP contribution in [0, 0.1) is 0 Å². The fraction of sp³-hybridized carbons (Fsp3) is 0.379. The Morgan fingerprint density at radius 3 is 2.73 bits per heavy atom. The number of amides is 3. The van der Waals surface area contributed by atoms with Gasteiger partial charge in [0.25, 0.3) is 5.91 Å². The van der Waals surface area contributed by atoms with Crippen LogP contribution in [0.25, 0.3) is 0 Å². The molecule has 44 heavy (non-hydrogen) atoms. The Morgan fingerprint density at radius 2 is 1.93 bits per heavy atom. The molecule has 2 bridgehead atoms. The maximum atomic E-state index is 13.6. The number of hydrogen-bond acceptors (Lipinski definition) is 10. The molecule has 1 aliphatic heterocycles. The molecule has 0 spiro atoms. The molecule has 3 heterocycles. The first-order chi connectivity index (χ1) is 21.5. The lowest BCUT2D eigenvalue weighted by Crippen LogP contribution is -2.50. The first-order valence-electron chi connectivity index (χ1n) is 14.3. The number of nitrogens with one attached hydrogen (secondary N) is 2.